The third-order valence-corrected chi connectivity index (χ3v) is 5.26. The number of anilines is 1. The van der Waals surface area contributed by atoms with Gasteiger partial charge in [0.2, 0.25) is 5.72 Å². The van der Waals surface area contributed by atoms with Crippen molar-refractivity contribution >= 4 is 17.7 Å². The number of para-hydroxylation sites is 2. The van der Waals surface area contributed by atoms with Gasteiger partial charge in [-0.15, -0.1) is 0 Å². The summed E-state index contributed by atoms with van der Waals surface area (Å²) in [6.07, 6.45) is 0. The summed E-state index contributed by atoms with van der Waals surface area (Å²) >= 11 is 0. The van der Waals surface area contributed by atoms with Crippen molar-refractivity contribution in [1.29, 1.82) is 0 Å². The zero-order valence-electron chi connectivity index (χ0n) is 16.0. The standard InChI is InChI=1S/C21H22N2O5/c1-4-27-19(24)16-17-14-11-8-12-15(26-3)18(14)28-21(16,2)23(20(25)22-17)13-9-6-5-7-10-13/h5-12,16-17H,4H2,1-3H3,(H,22,25). The van der Waals surface area contributed by atoms with Crippen LogP contribution < -0.4 is 19.7 Å². The molecule has 7 heteroatoms. The highest BCUT2D eigenvalue weighted by Gasteiger charge is 2.61. The van der Waals surface area contributed by atoms with Crippen LogP contribution in [0.2, 0.25) is 0 Å². The normalized spacial score (nSPS) is 25.2. The molecule has 2 aliphatic heterocycles. The van der Waals surface area contributed by atoms with Crippen LogP contribution in [0.15, 0.2) is 48.5 Å². The fourth-order valence-corrected chi connectivity index (χ4v) is 4.09. The van der Waals surface area contributed by atoms with Gasteiger partial charge in [-0.25, -0.2) is 4.79 Å². The summed E-state index contributed by atoms with van der Waals surface area (Å²) in [7, 11) is 1.56. The number of hydrogen-bond acceptors (Lipinski definition) is 5. The molecule has 2 aromatic carbocycles. The molecule has 0 radical (unpaired) electrons. The molecular weight excluding hydrogens is 360 g/mol. The lowest BCUT2D eigenvalue weighted by Gasteiger charge is -2.54. The number of carbonyl (C=O) groups excluding carboxylic acids is 2. The second kappa shape index (κ2) is 6.74. The van der Waals surface area contributed by atoms with Crippen molar-refractivity contribution in [1.82, 2.24) is 5.32 Å². The number of hydrogen-bond donors (Lipinski definition) is 1. The van der Waals surface area contributed by atoms with E-state index in [2.05, 4.69) is 5.32 Å². The average molecular weight is 382 g/mol. The number of nitrogens with zero attached hydrogens (tertiary/aromatic N) is 1. The Morgan fingerprint density at radius 1 is 1.21 bits per heavy atom. The molecule has 2 bridgehead atoms. The summed E-state index contributed by atoms with van der Waals surface area (Å²) in [5.74, 6) is -0.131. The van der Waals surface area contributed by atoms with E-state index in [1.165, 1.54) is 4.90 Å². The topological polar surface area (TPSA) is 77.1 Å². The Kier molecular flexibility index (Phi) is 4.37. The number of fused-ring (bicyclic) bond motifs is 4. The molecule has 28 heavy (non-hydrogen) atoms. The molecule has 146 valence electrons. The minimum Gasteiger partial charge on any atom is -0.493 e. The first-order valence-electron chi connectivity index (χ1n) is 9.19. The van der Waals surface area contributed by atoms with Gasteiger partial charge in [0.1, 0.15) is 5.92 Å². The van der Waals surface area contributed by atoms with Gasteiger partial charge in [0.15, 0.2) is 11.5 Å². The Hall–Kier alpha value is -3.22. The fraction of sp³-hybridized carbons (Fsp3) is 0.333. The number of urea groups is 1. The number of methoxy groups -OCH3 is 1. The van der Waals surface area contributed by atoms with Crippen LogP contribution in [0, 0.1) is 5.92 Å². The van der Waals surface area contributed by atoms with E-state index >= 15 is 0 Å². The lowest BCUT2D eigenvalue weighted by Crippen LogP contribution is -2.71. The molecule has 1 saturated heterocycles. The lowest BCUT2D eigenvalue weighted by atomic mass is 9.79. The van der Waals surface area contributed by atoms with E-state index in [-0.39, 0.29) is 12.6 Å². The number of benzene rings is 2. The van der Waals surface area contributed by atoms with Crippen LogP contribution in [-0.2, 0) is 9.53 Å². The maximum Gasteiger partial charge on any atom is 0.325 e. The maximum absolute atomic E-state index is 13.1. The first-order valence-corrected chi connectivity index (χ1v) is 9.19. The van der Waals surface area contributed by atoms with Crippen molar-refractivity contribution in [3.63, 3.8) is 0 Å². The first-order chi connectivity index (χ1) is 13.5. The quantitative estimate of drug-likeness (QED) is 0.822. The molecule has 3 atom stereocenters. The molecule has 0 aromatic heterocycles. The first kappa shape index (κ1) is 18.2. The van der Waals surface area contributed by atoms with E-state index in [0.717, 1.165) is 0 Å². The van der Waals surface area contributed by atoms with Gasteiger partial charge in [0.05, 0.1) is 19.8 Å². The number of ether oxygens (including phenoxy) is 3. The highest BCUT2D eigenvalue weighted by molar-refractivity contribution is 5.97. The number of esters is 1. The predicted molar refractivity (Wildman–Crippen MR) is 102 cm³/mol. The molecular formula is C21H22N2O5. The van der Waals surface area contributed by atoms with Gasteiger partial charge < -0.3 is 19.5 Å². The van der Waals surface area contributed by atoms with E-state index in [9.17, 15) is 9.59 Å². The molecule has 0 spiro atoms. The van der Waals surface area contributed by atoms with Crippen LogP contribution in [-0.4, -0.2) is 31.4 Å². The lowest BCUT2D eigenvalue weighted by molar-refractivity contribution is -0.160. The molecule has 3 unspecified atom stereocenters. The molecule has 2 heterocycles. The summed E-state index contributed by atoms with van der Waals surface area (Å²) < 4.78 is 17.2. The van der Waals surface area contributed by atoms with Gasteiger partial charge in [0.25, 0.3) is 0 Å². The van der Waals surface area contributed by atoms with Crippen molar-refractivity contribution in [2.75, 3.05) is 18.6 Å². The Bertz CT molecular complexity index is 916. The average Bonchev–Trinajstić information content (AvgIpc) is 2.68. The second-order valence-electron chi connectivity index (χ2n) is 6.86. The van der Waals surface area contributed by atoms with Crippen molar-refractivity contribution in [3.8, 4) is 11.5 Å². The van der Waals surface area contributed by atoms with Gasteiger partial charge >= 0.3 is 12.0 Å². The van der Waals surface area contributed by atoms with E-state index < -0.39 is 23.7 Å². The van der Waals surface area contributed by atoms with Gasteiger partial charge in [0, 0.05) is 11.3 Å². The molecule has 0 saturated carbocycles. The van der Waals surface area contributed by atoms with E-state index in [1.807, 2.05) is 30.3 Å². The monoisotopic (exact) mass is 382 g/mol. The Balaban J connectivity index is 1.92. The van der Waals surface area contributed by atoms with Crippen LogP contribution in [0.5, 0.6) is 11.5 Å². The molecule has 7 nitrogen and oxygen atoms in total. The van der Waals surface area contributed by atoms with Crippen LogP contribution in [0.25, 0.3) is 0 Å². The number of rotatable bonds is 4. The number of carbonyl (C=O) groups is 2. The highest BCUT2D eigenvalue weighted by Crippen LogP contribution is 2.52. The van der Waals surface area contributed by atoms with Crippen molar-refractivity contribution < 1.29 is 23.8 Å². The Morgan fingerprint density at radius 2 is 1.96 bits per heavy atom. The Labute approximate surface area is 163 Å². The molecule has 2 amide bonds. The van der Waals surface area contributed by atoms with E-state index in [1.54, 1.807) is 39.2 Å². The van der Waals surface area contributed by atoms with Crippen molar-refractivity contribution in [2.45, 2.75) is 25.6 Å². The third-order valence-electron chi connectivity index (χ3n) is 5.26. The Morgan fingerprint density at radius 3 is 2.64 bits per heavy atom. The highest BCUT2D eigenvalue weighted by atomic mass is 16.6. The minimum absolute atomic E-state index is 0.238. The molecule has 2 aromatic rings. The molecule has 1 fully saturated rings. The number of nitrogens with one attached hydrogen (secondary N) is 1. The smallest absolute Gasteiger partial charge is 0.325 e. The van der Waals surface area contributed by atoms with Crippen LogP contribution >= 0.6 is 0 Å². The summed E-state index contributed by atoms with van der Waals surface area (Å²) in [4.78, 5) is 27.5. The molecule has 1 N–H and O–H groups in total. The van der Waals surface area contributed by atoms with Gasteiger partial charge in [-0.1, -0.05) is 30.3 Å². The van der Waals surface area contributed by atoms with E-state index in [0.29, 0.717) is 22.7 Å². The van der Waals surface area contributed by atoms with Crippen LogP contribution in [0.1, 0.15) is 25.5 Å². The molecule has 0 aliphatic carbocycles. The van der Waals surface area contributed by atoms with Crippen LogP contribution in [0.4, 0.5) is 10.5 Å². The molecule has 2 aliphatic rings. The SMILES string of the molecule is CCOC(=O)C1C2NC(=O)N(c3ccccc3)C1(C)Oc1c(OC)cccc12. The van der Waals surface area contributed by atoms with Crippen molar-refractivity contribution in [3.05, 3.63) is 54.1 Å². The zero-order valence-corrected chi connectivity index (χ0v) is 16.0. The van der Waals surface area contributed by atoms with Gasteiger partial charge in [-0.3, -0.25) is 9.69 Å². The largest absolute Gasteiger partial charge is 0.493 e. The zero-order chi connectivity index (χ0) is 19.9. The predicted octanol–water partition coefficient (Wildman–Crippen LogP) is 3.25. The molecule has 4 rings (SSSR count). The summed E-state index contributed by atoms with van der Waals surface area (Å²) in [5.41, 5.74) is 0.0203. The minimum atomic E-state index is -1.29. The summed E-state index contributed by atoms with van der Waals surface area (Å²) in [5, 5.41) is 2.97. The van der Waals surface area contributed by atoms with Crippen molar-refractivity contribution in [2.24, 2.45) is 5.92 Å². The van der Waals surface area contributed by atoms with Gasteiger partial charge in [-0.05, 0) is 32.0 Å². The second-order valence-corrected chi connectivity index (χ2v) is 6.86. The number of amides is 2. The third kappa shape index (κ3) is 2.58. The van der Waals surface area contributed by atoms with Gasteiger partial charge in [-0.2, -0.15) is 0 Å². The maximum atomic E-state index is 13.1. The summed E-state index contributed by atoms with van der Waals surface area (Å²) in [6.45, 7) is 3.73. The van der Waals surface area contributed by atoms with Crippen LogP contribution in [0.3, 0.4) is 0 Å². The van der Waals surface area contributed by atoms with E-state index in [4.69, 9.17) is 14.2 Å². The fourth-order valence-electron chi connectivity index (χ4n) is 4.09. The summed E-state index contributed by atoms with van der Waals surface area (Å²) in [6, 6.07) is 13.6.